The fourth-order valence-electron chi connectivity index (χ4n) is 3.01. The molecule has 1 heterocycles. The first-order valence-corrected chi connectivity index (χ1v) is 11.9. The Bertz CT molecular complexity index is 824. The van der Waals surface area contributed by atoms with Crippen LogP contribution in [0.15, 0.2) is 0 Å². The molecule has 6 atom stereocenters. The molecular formula is C20H36NO13P. The minimum absolute atomic E-state index is 0.809. The van der Waals surface area contributed by atoms with Crippen LogP contribution < -0.4 is 9.79 Å². The van der Waals surface area contributed by atoms with Crippen LogP contribution in [0.5, 0.6) is 0 Å². The molecule has 2 unspecified atom stereocenters. The summed E-state index contributed by atoms with van der Waals surface area (Å²) in [5.41, 5.74) is 0. The van der Waals surface area contributed by atoms with Gasteiger partial charge in [-0.25, -0.2) is 0 Å². The third-order valence-corrected chi connectivity index (χ3v) is 5.01. The largest absolute Gasteiger partial charge is 0.756 e. The molecule has 0 amide bonds. The molecule has 1 fully saturated rings. The first kappa shape index (κ1) is 26.0. The standard InChI is InChI=1S/C14H21O13P.C6H15N/c1-6(15)22-5-10-11(23-7(2)16)12(24-8(3)17)13(25-9(4)18)14(26-10)27-28(19,20)21;1-4-7(5-2)6-3/h10-14H,5H2,1-4H3,(H2,19,20,21);4-6H2,1-3H3/t10-,11-,12+,13-,14?;/m1./s1/i1D,2D,3D,4D;. The zero-order valence-electron chi connectivity index (χ0n) is 23.8. The molecule has 0 aromatic carbocycles. The van der Waals surface area contributed by atoms with Gasteiger partial charge in [-0.15, -0.1) is 0 Å². The highest BCUT2D eigenvalue weighted by atomic mass is 31.2. The number of carbonyl (C=O) groups excluding carboxylic acids is 4. The fraction of sp³-hybridized carbons (Fsp3) is 0.800. The van der Waals surface area contributed by atoms with E-state index in [0.717, 1.165) is 0 Å². The lowest BCUT2D eigenvalue weighted by Gasteiger charge is -2.44. The van der Waals surface area contributed by atoms with Crippen LogP contribution >= 0.6 is 7.82 Å². The normalized spacial score (nSPS) is 26.9. The number of phosphoric ester groups is 1. The molecule has 35 heavy (non-hydrogen) atoms. The van der Waals surface area contributed by atoms with Crippen molar-refractivity contribution in [1.82, 2.24) is 0 Å². The summed E-state index contributed by atoms with van der Waals surface area (Å²) >= 11 is 0. The number of carbonyl (C=O) groups is 4. The highest BCUT2D eigenvalue weighted by Crippen LogP contribution is 2.39. The van der Waals surface area contributed by atoms with E-state index in [9.17, 15) is 28.6 Å². The molecule has 204 valence electrons. The Balaban J connectivity index is 0.00000181. The third-order valence-electron chi connectivity index (χ3n) is 4.54. The van der Waals surface area contributed by atoms with Crippen molar-refractivity contribution in [2.45, 2.75) is 79.1 Å². The molecule has 1 saturated heterocycles. The van der Waals surface area contributed by atoms with Crippen LogP contribution in [0, 0.1) is 0 Å². The summed E-state index contributed by atoms with van der Waals surface area (Å²) in [6.45, 7) is 5.96. The minimum Gasteiger partial charge on any atom is -0.756 e. The summed E-state index contributed by atoms with van der Waals surface area (Å²) in [5, 5.41) is 0. The third kappa shape index (κ3) is 13.5. The summed E-state index contributed by atoms with van der Waals surface area (Å²) in [4.78, 5) is 68.5. The van der Waals surface area contributed by atoms with E-state index in [-0.39, 0.29) is 0 Å². The first-order chi connectivity index (χ1) is 18.3. The molecule has 0 aliphatic carbocycles. The van der Waals surface area contributed by atoms with Gasteiger partial charge in [0.1, 0.15) is 12.7 Å². The monoisotopic (exact) mass is 533 g/mol. The lowest BCUT2D eigenvalue weighted by molar-refractivity contribution is -0.894. The lowest BCUT2D eigenvalue weighted by Crippen LogP contribution is -3.11. The summed E-state index contributed by atoms with van der Waals surface area (Å²) in [6.07, 6.45) is -9.64. The number of hydrogen-bond acceptors (Lipinski definition) is 12. The van der Waals surface area contributed by atoms with Gasteiger partial charge in [0.2, 0.25) is 6.29 Å². The van der Waals surface area contributed by atoms with E-state index in [0.29, 0.717) is 0 Å². The van der Waals surface area contributed by atoms with Crippen LogP contribution in [0.25, 0.3) is 0 Å². The van der Waals surface area contributed by atoms with Gasteiger partial charge in [-0.3, -0.25) is 28.3 Å². The first-order valence-electron chi connectivity index (χ1n) is 13.2. The Kier molecular flexibility index (Phi) is 11.7. The Morgan fingerprint density at radius 2 is 1.34 bits per heavy atom. The maximum absolute atomic E-state index is 11.8. The van der Waals surface area contributed by atoms with Gasteiger partial charge >= 0.3 is 23.9 Å². The van der Waals surface area contributed by atoms with Gasteiger partial charge in [-0.1, -0.05) is 0 Å². The number of rotatable bonds is 10. The summed E-state index contributed by atoms with van der Waals surface area (Å²) < 4.78 is 68.4. The van der Waals surface area contributed by atoms with E-state index in [1.807, 2.05) is 0 Å². The zero-order chi connectivity index (χ0) is 30.2. The average Bonchev–Trinajstić information content (AvgIpc) is 2.90. The number of hydrogen-bond donors (Lipinski definition) is 2. The van der Waals surface area contributed by atoms with Crippen LogP contribution in [0.2, 0.25) is 0 Å². The molecule has 1 aliphatic rings. The van der Waals surface area contributed by atoms with Crippen molar-refractivity contribution in [2.24, 2.45) is 0 Å². The smallest absolute Gasteiger partial charge is 0.303 e. The Morgan fingerprint density at radius 3 is 1.74 bits per heavy atom. The second-order valence-electron chi connectivity index (χ2n) is 6.97. The summed E-state index contributed by atoms with van der Waals surface area (Å²) in [7, 11) is -5.58. The molecule has 0 aromatic rings. The topological polar surface area (TPSA) is 188 Å². The quantitative estimate of drug-likeness (QED) is 0.187. The van der Waals surface area contributed by atoms with E-state index in [1.54, 1.807) is 4.90 Å². The Morgan fingerprint density at radius 1 is 0.886 bits per heavy atom. The van der Waals surface area contributed by atoms with E-state index in [4.69, 9.17) is 34.1 Å². The minimum atomic E-state index is -5.58. The molecule has 0 spiro atoms. The molecule has 15 heteroatoms. The number of quaternary nitrogens is 1. The Labute approximate surface area is 210 Å². The molecule has 0 radical (unpaired) electrons. The van der Waals surface area contributed by atoms with Gasteiger partial charge in [0, 0.05) is 33.1 Å². The molecule has 1 rings (SSSR count). The second kappa shape index (κ2) is 15.8. The van der Waals surface area contributed by atoms with Gasteiger partial charge in [0.15, 0.2) is 18.3 Å². The van der Waals surface area contributed by atoms with Crippen molar-refractivity contribution in [3.8, 4) is 0 Å². The van der Waals surface area contributed by atoms with E-state index in [1.165, 1.54) is 19.6 Å². The van der Waals surface area contributed by atoms with Crippen LogP contribution in [0.3, 0.4) is 0 Å². The van der Waals surface area contributed by atoms with Crippen molar-refractivity contribution in [2.75, 3.05) is 26.2 Å². The van der Waals surface area contributed by atoms with Gasteiger partial charge < -0.3 is 38.4 Å². The van der Waals surface area contributed by atoms with Gasteiger partial charge in [-0.2, -0.15) is 0 Å². The maximum Gasteiger partial charge on any atom is 0.303 e. The fourth-order valence-corrected chi connectivity index (χ4v) is 3.44. The van der Waals surface area contributed by atoms with Gasteiger partial charge in [-0.05, 0) is 20.8 Å². The number of nitrogens with one attached hydrogen (secondary N) is 1. The number of esters is 4. The molecule has 0 saturated carbocycles. The zero-order valence-corrected chi connectivity index (χ0v) is 20.7. The maximum atomic E-state index is 11.8. The van der Waals surface area contributed by atoms with Crippen LogP contribution in [-0.4, -0.2) is 85.7 Å². The highest BCUT2D eigenvalue weighted by Gasteiger charge is 2.53. The van der Waals surface area contributed by atoms with Gasteiger partial charge in [0.25, 0.3) is 7.82 Å². The van der Waals surface area contributed by atoms with Crippen LogP contribution in [0.4, 0.5) is 0 Å². The molecule has 1 aliphatic heterocycles. The molecule has 0 aromatic heterocycles. The predicted octanol–water partition coefficient (Wildman–Crippen LogP) is -1.52. The molecule has 2 N–H and O–H groups in total. The molecule has 14 nitrogen and oxygen atoms in total. The molecule has 0 bridgehead atoms. The van der Waals surface area contributed by atoms with Crippen molar-refractivity contribution >= 4 is 31.7 Å². The summed E-state index contributed by atoms with van der Waals surface area (Å²) in [6, 6.07) is 0. The number of ether oxygens (including phenoxy) is 5. The van der Waals surface area contributed by atoms with Crippen LogP contribution in [-0.2, 0) is 52.0 Å². The van der Waals surface area contributed by atoms with E-state index < -0.39 is 96.6 Å². The van der Waals surface area contributed by atoms with Crippen molar-refractivity contribution in [3.05, 3.63) is 0 Å². The lowest BCUT2D eigenvalue weighted by atomic mass is 9.98. The van der Waals surface area contributed by atoms with Crippen molar-refractivity contribution in [1.29, 1.82) is 0 Å². The average molecular weight is 534 g/mol. The Hall–Kier alpha value is -2.09. The number of phosphoric acid groups is 1. The highest BCUT2D eigenvalue weighted by molar-refractivity contribution is 7.44. The molecular weight excluding hydrogens is 493 g/mol. The van der Waals surface area contributed by atoms with Gasteiger partial charge in [0.05, 0.1) is 19.6 Å². The van der Waals surface area contributed by atoms with Crippen LogP contribution in [0.1, 0.15) is 53.9 Å². The SMILES string of the molecule is CC[NH+](CC)CC.[2H]CC(=O)OC[C@H]1OC(OP(=O)([O-])O)[C@H](OC(=O)C[2H])[C@@H](OC(=O)C[2H])[C@@H]1OC(=O)C[2H]. The van der Waals surface area contributed by atoms with E-state index >= 15 is 0 Å². The van der Waals surface area contributed by atoms with Crippen molar-refractivity contribution in [3.63, 3.8) is 0 Å². The summed E-state index contributed by atoms with van der Waals surface area (Å²) in [5.74, 6) is -4.83. The van der Waals surface area contributed by atoms with Crippen molar-refractivity contribution < 1.29 is 72.1 Å². The second-order valence-corrected chi connectivity index (χ2v) is 8.12. The van der Waals surface area contributed by atoms with E-state index in [2.05, 4.69) is 25.3 Å². The predicted molar refractivity (Wildman–Crippen MR) is 115 cm³/mol.